The van der Waals surface area contributed by atoms with Gasteiger partial charge in [0, 0.05) is 25.7 Å². The van der Waals surface area contributed by atoms with Gasteiger partial charge in [-0.3, -0.25) is 37.3 Å². The molecule has 0 aromatic heterocycles. The average Bonchev–Trinajstić information content (AvgIpc) is 0.899. The quantitative estimate of drug-likeness (QED) is 0.0222. The van der Waals surface area contributed by atoms with E-state index >= 15 is 0 Å². The first-order chi connectivity index (χ1) is 52.5. The predicted octanol–water partition coefficient (Wildman–Crippen LogP) is 27.5. The molecule has 5 atom stereocenters. The molecule has 3 N–H and O–H groups in total. The summed E-state index contributed by atoms with van der Waals surface area (Å²) in [5.74, 6) is -1.34. The number of phosphoric acid groups is 2. The lowest BCUT2D eigenvalue weighted by molar-refractivity contribution is -0.161. The van der Waals surface area contributed by atoms with Crippen molar-refractivity contribution in [3.63, 3.8) is 0 Å². The molecule has 0 saturated heterocycles. The first kappa shape index (κ1) is 106. The molecule has 17 nitrogen and oxygen atoms in total. The van der Waals surface area contributed by atoms with Crippen LogP contribution >= 0.6 is 15.6 Å². The normalized spacial score (nSPS) is 13.7. The fraction of sp³-hybridized carbons (Fsp3) is 0.955. The Labute approximate surface area is 664 Å². The Bertz CT molecular complexity index is 2050. The average molecular weight is 1580 g/mol. The van der Waals surface area contributed by atoms with Crippen molar-refractivity contribution in [3.05, 3.63) is 0 Å². The molecule has 0 heterocycles. The zero-order valence-electron chi connectivity index (χ0n) is 71.0. The van der Waals surface area contributed by atoms with Gasteiger partial charge in [-0.15, -0.1) is 0 Å². The SMILES string of the molecule is CCCCCCCCCCCCCCCCCCCCCCCCC(=O)O[C@H](COC(=O)CCCCCCCCCCCCCCCCCCCCC)COP(=O)(O)OC[C@@H](O)COP(=O)(O)OC[C@@H](COC(=O)CCCCCCCCCCCCC(C)C)OC(=O)CCCCCCCCCCCCCCCC. The highest BCUT2D eigenvalue weighted by Crippen LogP contribution is 2.45. The predicted molar refractivity (Wildman–Crippen MR) is 446 cm³/mol. The third-order valence-electron chi connectivity index (χ3n) is 21.0. The van der Waals surface area contributed by atoms with Crippen LogP contribution in [0, 0.1) is 5.92 Å². The van der Waals surface area contributed by atoms with Gasteiger partial charge in [0.25, 0.3) is 0 Å². The maximum Gasteiger partial charge on any atom is 0.472 e. The maximum absolute atomic E-state index is 13.2. The summed E-state index contributed by atoms with van der Waals surface area (Å²) in [6.07, 6.45) is 76.5. The molecule has 108 heavy (non-hydrogen) atoms. The lowest BCUT2D eigenvalue weighted by Crippen LogP contribution is -2.30. The van der Waals surface area contributed by atoms with Crippen LogP contribution in [0.4, 0.5) is 0 Å². The summed E-state index contributed by atoms with van der Waals surface area (Å²) in [5, 5.41) is 10.7. The molecule has 0 spiro atoms. The molecule has 0 bridgehead atoms. The summed E-state index contributed by atoms with van der Waals surface area (Å²) < 4.78 is 69.0. The number of unbranched alkanes of at least 4 members (excludes halogenated alkanes) is 61. The van der Waals surface area contributed by atoms with Crippen LogP contribution in [0.5, 0.6) is 0 Å². The number of aliphatic hydroxyl groups excluding tert-OH is 1. The lowest BCUT2D eigenvalue weighted by atomic mass is 10.0. The topological polar surface area (TPSA) is 237 Å². The standard InChI is InChI=1S/C89H174O17P2/c1-6-9-12-15-18-21-24-27-30-32-34-35-36-38-40-42-45-48-55-60-65-70-75-89(94)105-84(78-99-86(91)72-67-62-57-52-46-44-41-39-37-33-31-28-25-22-19-16-13-10-7-2)80-103-107(95,96)101-76-83(90)77-102-108(97,98)104-81-85(79-100-87(92)73-68-63-58-53-50-49-51-56-61-66-71-82(4)5)106-88(93)74-69-64-59-54-47-43-29-26-23-20-17-14-11-8-3/h82-85,90H,6-81H2,1-5H3,(H,95,96)(H,97,98)/t83-,84-,85-/m1/s1. The third-order valence-corrected chi connectivity index (χ3v) is 22.9. The highest BCUT2D eigenvalue weighted by atomic mass is 31.2. The Balaban J connectivity index is 5.24. The Morgan fingerprint density at radius 2 is 0.426 bits per heavy atom. The van der Waals surface area contributed by atoms with E-state index < -0.39 is 97.5 Å². The summed E-state index contributed by atoms with van der Waals surface area (Å²) in [6, 6.07) is 0. The van der Waals surface area contributed by atoms with Crippen molar-refractivity contribution in [2.24, 2.45) is 5.92 Å². The molecule has 0 rings (SSSR count). The number of hydrogen-bond acceptors (Lipinski definition) is 15. The van der Waals surface area contributed by atoms with Gasteiger partial charge in [-0.2, -0.15) is 0 Å². The number of phosphoric ester groups is 2. The maximum atomic E-state index is 13.2. The van der Waals surface area contributed by atoms with E-state index in [1.54, 1.807) is 0 Å². The van der Waals surface area contributed by atoms with Crippen molar-refractivity contribution >= 4 is 39.5 Å². The highest BCUT2D eigenvalue weighted by molar-refractivity contribution is 7.47. The molecular weight excluding hydrogens is 1400 g/mol. The fourth-order valence-electron chi connectivity index (χ4n) is 14.0. The van der Waals surface area contributed by atoms with Crippen molar-refractivity contribution < 1.29 is 80.2 Å². The minimum atomic E-state index is -4.97. The number of carbonyl (C=O) groups excluding carboxylic acids is 4. The highest BCUT2D eigenvalue weighted by Gasteiger charge is 2.30. The number of rotatable bonds is 89. The lowest BCUT2D eigenvalue weighted by Gasteiger charge is -2.21. The second-order valence-electron chi connectivity index (χ2n) is 32.5. The summed E-state index contributed by atoms with van der Waals surface area (Å²) in [5.41, 5.74) is 0. The van der Waals surface area contributed by atoms with Gasteiger partial charge in [-0.1, -0.05) is 433 Å². The van der Waals surface area contributed by atoms with Gasteiger partial charge in [0.2, 0.25) is 0 Å². The van der Waals surface area contributed by atoms with Gasteiger partial charge in [0.15, 0.2) is 12.2 Å². The zero-order chi connectivity index (χ0) is 79.0. The smallest absolute Gasteiger partial charge is 0.462 e. The van der Waals surface area contributed by atoms with Crippen molar-refractivity contribution in [2.45, 2.75) is 502 Å². The summed E-state index contributed by atoms with van der Waals surface area (Å²) in [4.78, 5) is 73.3. The second kappa shape index (κ2) is 81.6. The van der Waals surface area contributed by atoms with Crippen LogP contribution in [0.15, 0.2) is 0 Å². The summed E-state index contributed by atoms with van der Waals surface area (Å²) in [7, 11) is -9.93. The second-order valence-corrected chi connectivity index (χ2v) is 35.4. The molecule has 0 fully saturated rings. The van der Waals surface area contributed by atoms with Gasteiger partial charge in [0.1, 0.15) is 19.3 Å². The largest absolute Gasteiger partial charge is 0.472 e. The van der Waals surface area contributed by atoms with E-state index in [1.165, 1.54) is 308 Å². The molecule has 0 aromatic rings. The Morgan fingerprint density at radius 3 is 0.630 bits per heavy atom. The van der Waals surface area contributed by atoms with E-state index in [9.17, 15) is 43.2 Å². The molecule has 0 radical (unpaired) electrons. The fourth-order valence-corrected chi connectivity index (χ4v) is 15.6. The first-order valence-corrected chi connectivity index (χ1v) is 49.1. The van der Waals surface area contributed by atoms with Gasteiger partial charge in [-0.25, -0.2) is 9.13 Å². The van der Waals surface area contributed by atoms with Gasteiger partial charge < -0.3 is 33.8 Å². The number of hydrogen-bond donors (Lipinski definition) is 3. The number of aliphatic hydroxyl groups is 1. The number of esters is 4. The number of carbonyl (C=O) groups is 4. The van der Waals surface area contributed by atoms with Crippen LogP contribution < -0.4 is 0 Å². The van der Waals surface area contributed by atoms with Crippen LogP contribution in [-0.4, -0.2) is 96.7 Å². The molecule has 0 aliphatic heterocycles. The van der Waals surface area contributed by atoms with Crippen LogP contribution in [0.3, 0.4) is 0 Å². The molecule has 0 aliphatic rings. The minimum Gasteiger partial charge on any atom is -0.462 e. The van der Waals surface area contributed by atoms with Crippen molar-refractivity contribution in [3.8, 4) is 0 Å². The Kier molecular flexibility index (Phi) is 80.2. The van der Waals surface area contributed by atoms with E-state index in [0.717, 1.165) is 95.8 Å². The van der Waals surface area contributed by atoms with E-state index in [0.29, 0.717) is 25.7 Å². The van der Waals surface area contributed by atoms with E-state index in [4.69, 9.17) is 37.0 Å². The van der Waals surface area contributed by atoms with Gasteiger partial charge >= 0.3 is 39.5 Å². The van der Waals surface area contributed by atoms with E-state index in [1.807, 2.05) is 0 Å². The third kappa shape index (κ3) is 82.1. The molecule has 0 aromatic carbocycles. The summed E-state index contributed by atoms with van der Waals surface area (Å²) >= 11 is 0. The van der Waals surface area contributed by atoms with Crippen LogP contribution in [0.2, 0.25) is 0 Å². The summed E-state index contributed by atoms with van der Waals surface area (Å²) in [6.45, 7) is 7.38. The molecule has 0 aliphatic carbocycles. The molecular formula is C89H174O17P2. The molecule has 2 unspecified atom stereocenters. The monoisotopic (exact) mass is 1580 g/mol. The van der Waals surface area contributed by atoms with Crippen molar-refractivity contribution in [2.75, 3.05) is 39.6 Å². The molecule has 0 saturated carbocycles. The van der Waals surface area contributed by atoms with Crippen molar-refractivity contribution in [1.29, 1.82) is 0 Å². The van der Waals surface area contributed by atoms with Crippen LogP contribution in [-0.2, 0) is 65.4 Å². The minimum absolute atomic E-state index is 0.108. The van der Waals surface area contributed by atoms with Gasteiger partial charge in [0.05, 0.1) is 26.4 Å². The van der Waals surface area contributed by atoms with Crippen LogP contribution in [0.25, 0.3) is 0 Å². The zero-order valence-corrected chi connectivity index (χ0v) is 72.8. The first-order valence-electron chi connectivity index (χ1n) is 46.1. The Hall–Kier alpha value is -1.94. The van der Waals surface area contributed by atoms with Crippen molar-refractivity contribution in [1.82, 2.24) is 0 Å². The molecule has 19 heteroatoms. The molecule has 0 amide bonds. The van der Waals surface area contributed by atoms with E-state index in [-0.39, 0.29) is 25.7 Å². The molecule has 642 valence electrons. The van der Waals surface area contributed by atoms with Crippen LogP contribution in [0.1, 0.15) is 484 Å². The Morgan fingerprint density at radius 1 is 0.250 bits per heavy atom. The van der Waals surface area contributed by atoms with E-state index in [2.05, 4.69) is 34.6 Å². The van der Waals surface area contributed by atoms with Gasteiger partial charge in [-0.05, 0) is 31.6 Å². The number of ether oxygens (including phenoxy) is 4.